The number of Topliss-reactive ketones (excluding diaryl/α,β-unsaturated/α-hetero) is 1. The molecule has 9 N–H and O–H groups in total. The molecule has 2 atom stereocenters. The number of nitrogens with zero attached hydrogens (tertiary/aromatic N) is 1. The van der Waals surface area contributed by atoms with Crippen LogP contribution in [0.15, 0.2) is 36.4 Å². The van der Waals surface area contributed by atoms with Crippen LogP contribution < -0.4 is 42.2 Å². The van der Waals surface area contributed by atoms with Gasteiger partial charge in [-0.15, -0.1) is 0 Å². The minimum atomic E-state index is -1.18. The van der Waals surface area contributed by atoms with Crippen LogP contribution in [-0.2, 0) is 30.4 Å². The second-order valence-electron chi connectivity index (χ2n) is 10.6. The molecule has 2 unspecified atom stereocenters. The highest BCUT2D eigenvalue weighted by atomic mass is 16.5. The SMILES string of the molecule is CC(=O)CNC(=O)C1Cc2ccc(OCCN)c(c2)-c2cc(ccc2OCCN)C(N(C)C(=O)CCNCO)C(=O)NCC(=O)N1. The van der Waals surface area contributed by atoms with Crippen LogP contribution in [0.1, 0.15) is 30.5 Å². The van der Waals surface area contributed by atoms with E-state index < -0.39 is 42.3 Å². The van der Waals surface area contributed by atoms with Crippen molar-refractivity contribution in [2.24, 2.45) is 11.5 Å². The highest BCUT2D eigenvalue weighted by molar-refractivity contribution is 5.94. The van der Waals surface area contributed by atoms with Gasteiger partial charge in [-0.1, -0.05) is 12.1 Å². The Labute approximate surface area is 267 Å². The van der Waals surface area contributed by atoms with E-state index in [-0.39, 0.29) is 64.7 Å². The van der Waals surface area contributed by atoms with Crippen molar-refractivity contribution >= 4 is 29.4 Å². The van der Waals surface area contributed by atoms with E-state index in [2.05, 4.69) is 21.3 Å². The van der Waals surface area contributed by atoms with E-state index in [1.165, 1.54) is 18.9 Å². The van der Waals surface area contributed by atoms with Gasteiger partial charge in [-0.05, 0) is 42.3 Å². The third-order valence-corrected chi connectivity index (χ3v) is 7.09. The van der Waals surface area contributed by atoms with Crippen molar-refractivity contribution in [3.8, 4) is 22.6 Å². The summed E-state index contributed by atoms with van der Waals surface area (Å²) in [5, 5.41) is 19.5. The maximum Gasteiger partial charge on any atom is 0.247 e. The van der Waals surface area contributed by atoms with Gasteiger partial charge < -0.3 is 46.9 Å². The molecule has 1 aliphatic heterocycles. The summed E-state index contributed by atoms with van der Waals surface area (Å²) < 4.78 is 12.0. The Morgan fingerprint density at radius 3 is 2.30 bits per heavy atom. The zero-order valence-electron chi connectivity index (χ0n) is 26.1. The number of hydrogen-bond donors (Lipinski definition) is 7. The zero-order valence-corrected chi connectivity index (χ0v) is 26.1. The largest absolute Gasteiger partial charge is 0.492 e. The molecule has 2 aromatic carbocycles. The number of nitrogens with two attached hydrogens (primary N) is 2. The molecule has 3 rings (SSSR count). The standard InChI is InChI=1S/C31H43N7O8/c1-19(40)16-35-30(43)24-14-20-3-5-25(45-11-8-32)22(13-20)23-15-21(4-6-26(23)46-12-9-33)29(31(44)36-17-27(41)37-24)38(2)28(42)7-10-34-18-39/h3-6,13,15,24,29,34,39H,7-12,14,16-18,32-33H2,1-2H3,(H,35,43)(H,36,44)(H,37,41). The van der Waals surface area contributed by atoms with Gasteiger partial charge in [0.1, 0.15) is 42.6 Å². The Kier molecular flexibility index (Phi) is 13.9. The lowest BCUT2D eigenvalue weighted by Crippen LogP contribution is -2.52. The van der Waals surface area contributed by atoms with E-state index in [0.717, 1.165) is 0 Å². The van der Waals surface area contributed by atoms with Crippen molar-refractivity contribution in [2.45, 2.75) is 31.8 Å². The molecule has 250 valence electrons. The number of ether oxygens (including phenoxy) is 2. The summed E-state index contributed by atoms with van der Waals surface area (Å²) in [6.07, 6.45) is 0.0378. The van der Waals surface area contributed by atoms with Crippen LogP contribution in [0.2, 0.25) is 0 Å². The molecule has 0 saturated heterocycles. The lowest BCUT2D eigenvalue weighted by atomic mass is 9.93. The number of hydrogen-bond acceptors (Lipinski definition) is 11. The maximum atomic E-state index is 13.7. The van der Waals surface area contributed by atoms with E-state index in [9.17, 15) is 24.0 Å². The van der Waals surface area contributed by atoms with Crippen LogP contribution in [0.25, 0.3) is 11.1 Å². The Balaban J connectivity index is 2.22. The molecule has 0 spiro atoms. The highest BCUT2D eigenvalue weighted by Crippen LogP contribution is 2.40. The number of aliphatic hydroxyl groups is 1. The number of aliphatic hydroxyl groups excluding tert-OH is 1. The molecule has 46 heavy (non-hydrogen) atoms. The molecule has 15 nitrogen and oxygen atoms in total. The van der Waals surface area contributed by atoms with Crippen molar-refractivity contribution in [3.05, 3.63) is 47.5 Å². The van der Waals surface area contributed by atoms with Gasteiger partial charge in [0.2, 0.25) is 23.6 Å². The number of likely N-dealkylation sites (N-methyl/N-ethyl adjacent to an activating group) is 1. The second kappa shape index (κ2) is 17.8. The van der Waals surface area contributed by atoms with Gasteiger partial charge >= 0.3 is 0 Å². The van der Waals surface area contributed by atoms with Crippen LogP contribution >= 0.6 is 0 Å². The second-order valence-corrected chi connectivity index (χ2v) is 10.6. The monoisotopic (exact) mass is 641 g/mol. The van der Waals surface area contributed by atoms with Gasteiger partial charge in [-0.2, -0.15) is 0 Å². The molecule has 0 saturated carbocycles. The first kappa shape index (κ1) is 35.9. The first-order valence-corrected chi connectivity index (χ1v) is 14.9. The molecule has 0 aliphatic carbocycles. The maximum absolute atomic E-state index is 13.7. The summed E-state index contributed by atoms with van der Waals surface area (Å²) >= 11 is 0. The number of fused-ring (bicyclic) bond motifs is 5. The Morgan fingerprint density at radius 2 is 1.67 bits per heavy atom. The topological polar surface area (TPSA) is 227 Å². The molecule has 1 heterocycles. The number of rotatable bonds is 14. The molecule has 0 fully saturated rings. The third-order valence-electron chi connectivity index (χ3n) is 7.09. The number of benzene rings is 2. The first-order chi connectivity index (χ1) is 22.1. The predicted octanol–water partition coefficient (Wildman–Crippen LogP) is -1.68. The van der Waals surface area contributed by atoms with Crippen LogP contribution in [-0.4, -0.2) is 105 Å². The smallest absolute Gasteiger partial charge is 0.247 e. The Hall–Kier alpha value is -4.57. The number of nitrogens with one attached hydrogen (secondary N) is 4. The lowest BCUT2D eigenvalue weighted by molar-refractivity contribution is -0.139. The predicted molar refractivity (Wildman–Crippen MR) is 169 cm³/mol. The van der Waals surface area contributed by atoms with Crippen LogP contribution in [0.4, 0.5) is 0 Å². The fourth-order valence-electron chi connectivity index (χ4n) is 4.87. The summed E-state index contributed by atoms with van der Waals surface area (Å²) in [5.74, 6) is -1.67. The van der Waals surface area contributed by atoms with E-state index >= 15 is 0 Å². The summed E-state index contributed by atoms with van der Waals surface area (Å²) in [6, 6.07) is 8.02. The van der Waals surface area contributed by atoms with Gasteiger partial charge in [0, 0.05) is 50.7 Å². The zero-order chi connectivity index (χ0) is 33.6. The van der Waals surface area contributed by atoms with E-state index in [4.69, 9.17) is 26.0 Å². The van der Waals surface area contributed by atoms with E-state index in [0.29, 0.717) is 33.8 Å². The molecular formula is C31H43N7O8. The average molecular weight is 642 g/mol. The molecule has 15 heteroatoms. The normalized spacial score (nSPS) is 16.4. The average Bonchev–Trinajstić information content (AvgIpc) is 3.04. The molecule has 2 aromatic rings. The molecule has 4 amide bonds. The van der Waals surface area contributed by atoms with Gasteiger partial charge in [-0.3, -0.25) is 29.3 Å². The van der Waals surface area contributed by atoms with Gasteiger partial charge in [0.05, 0.1) is 19.8 Å². The van der Waals surface area contributed by atoms with Crippen LogP contribution in [0.3, 0.4) is 0 Å². The van der Waals surface area contributed by atoms with Crippen molar-refractivity contribution in [1.82, 2.24) is 26.2 Å². The van der Waals surface area contributed by atoms with E-state index in [1.807, 2.05) is 0 Å². The summed E-state index contributed by atoms with van der Waals surface area (Å²) in [6.45, 7) is 1.34. The molecule has 0 radical (unpaired) electrons. The minimum absolute atomic E-state index is 0.0119. The summed E-state index contributed by atoms with van der Waals surface area (Å²) in [7, 11) is 1.47. The van der Waals surface area contributed by atoms with Crippen molar-refractivity contribution < 1.29 is 38.6 Å². The lowest BCUT2D eigenvalue weighted by Gasteiger charge is -2.29. The fourth-order valence-corrected chi connectivity index (χ4v) is 4.87. The summed E-state index contributed by atoms with van der Waals surface area (Å²) in [5.41, 5.74) is 13.6. The third kappa shape index (κ3) is 9.97. The molecular weight excluding hydrogens is 598 g/mol. The number of carbonyl (C=O) groups excluding carboxylic acids is 5. The highest BCUT2D eigenvalue weighted by Gasteiger charge is 2.31. The van der Waals surface area contributed by atoms with Crippen molar-refractivity contribution in [2.75, 3.05) is 59.7 Å². The number of amides is 4. The van der Waals surface area contributed by atoms with E-state index in [1.54, 1.807) is 36.4 Å². The Morgan fingerprint density at radius 1 is 1.02 bits per heavy atom. The van der Waals surface area contributed by atoms with Gasteiger partial charge in [0.25, 0.3) is 0 Å². The van der Waals surface area contributed by atoms with Crippen LogP contribution in [0, 0.1) is 0 Å². The molecule has 0 aromatic heterocycles. The van der Waals surface area contributed by atoms with Crippen molar-refractivity contribution in [3.63, 3.8) is 0 Å². The first-order valence-electron chi connectivity index (χ1n) is 14.9. The fraction of sp³-hybridized carbons (Fsp3) is 0.452. The number of carbonyl (C=O) groups is 5. The van der Waals surface area contributed by atoms with Crippen LogP contribution in [0.5, 0.6) is 11.5 Å². The van der Waals surface area contributed by atoms with Crippen molar-refractivity contribution in [1.29, 1.82) is 0 Å². The van der Waals surface area contributed by atoms with Gasteiger partial charge in [-0.25, -0.2) is 0 Å². The summed E-state index contributed by atoms with van der Waals surface area (Å²) in [4.78, 5) is 65.8. The molecule has 4 bridgehead atoms. The minimum Gasteiger partial charge on any atom is -0.492 e. The Bertz CT molecular complexity index is 1400. The van der Waals surface area contributed by atoms with Gasteiger partial charge in [0.15, 0.2) is 0 Å². The quantitative estimate of drug-likeness (QED) is 0.0910. The molecule has 1 aliphatic rings. The number of ketones is 1.